The number of thioether (sulfide) groups is 1. The van der Waals surface area contributed by atoms with Crippen molar-refractivity contribution in [2.24, 2.45) is 0 Å². The third-order valence-electron chi connectivity index (χ3n) is 3.12. The minimum Gasteiger partial charge on any atom is -0.459 e. The van der Waals surface area contributed by atoms with Gasteiger partial charge < -0.3 is 9.73 Å². The molecule has 0 spiro atoms. The molecule has 3 rings (SSSR count). The van der Waals surface area contributed by atoms with Crippen LogP contribution in [0.1, 0.15) is 12.7 Å². The average molecular weight is 283 g/mol. The number of fused-ring (bicyclic) bond motifs is 1. The normalized spacial score (nSPS) is 10.8. The van der Waals surface area contributed by atoms with Gasteiger partial charge in [0.15, 0.2) is 0 Å². The van der Waals surface area contributed by atoms with Crippen LogP contribution in [0.5, 0.6) is 0 Å². The number of benzene rings is 2. The SMILES string of the molecule is CCSc1ccccc1NCc1cc2ccccc2o1. The first-order chi connectivity index (χ1) is 9.86. The molecule has 3 aromatic rings. The summed E-state index contributed by atoms with van der Waals surface area (Å²) in [5, 5.41) is 4.61. The Morgan fingerprint density at radius 1 is 1.05 bits per heavy atom. The molecule has 0 aliphatic carbocycles. The van der Waals surface area contributed by atoms with Crippen LogP contribution >= 0.6 is 11.8 Å². The first kappa shape index (κ1) is 13.1. The van der Waals surface area contributed by atoms with Gasteiger partial charge >= 0.3 is 0 Å². The molecule has 102 valence electrons. The Balaban J connectivity index is 1.76. The Morgan fingerprint density at radius 2 is 1.85 bits per heavy atom. The van der Waals surface area contributed by atoms with Crippen molar-refractivity contribution in [2.75, 3.05) is 11.1 Å². The van der Waals surface area contributed by atoms with Crippen molar-refractivity contribution in [3.8, 4) is 0 Å². The molecular weight excluding hydrogens is 266 g/mol. The summed E-state index contributed by atoms with van der Waals surface area (Å²) in [4.78, 5) is 1.28. The van der Waals surface area contributed by atoms with Gasteiger partial charge in [-0.15, -0.1) is 11.8 Å². The fourth-order valence-electron chi connectivity index (χ4n) is 2.20. The molecule has 1 aromatic heterocycles. The minimum absolute atomic E-state index is 0.704. The maximum Gasteiger partial charge on any atom is 0.134 e. The molecule has 0 bridgehead atoms. The molecule has 2 nitrogen and oxygen atoms in total. The highest BCUT2D eigenvalue weighted by atomic mass is 32.2. The zero-order valence-electron chi connectivity index (χ0n) is 11.4. The van der Waals surface area contributed by atoms with E-state index in [1.807, 2.05) is 30.0 Å². The van der Waals surface area contributed by atoms with Crippen molar-refractivity contribution in [3.05, 3.63) is 60.4 Å². The summed E-state index contributed by atoms with van der Waals surface area (Å²) in [6.45, 7) is 2.87. The number of furan rings is 1. The number of anilines is 1. The van der Waals surface area contributed by atoms with Gasteiger partial charge in [0, 0.05) is 16.0 Å². The molecule has 0 saturated heterocycles. The maximum atomic E-state index is 5.82. The third-order valence-corrected chi connectivity index (χ3v) is 4.07. The quantitative estimate of drug-likeness (QED) is 0.655. The first-order valence-corrected chi connectivity index (χ1v) is 7.78. The van der Waals surface area contributed by atoms with E-state index < -0.39 is 0 Å². The van der Waals surface area contributed by atoms with Gasteiger partial charge in [-0.1, -0.05) is 37.3 Å². The molecule has 0 aliphatic rings. The molecule has 0 saturated carbocycles. The van der Waals surface area contributed by atoms with Crippen LogP contribution in [-0.4, -0.2) is 5.75 Å². The van der Waals surface area contributed by atoms with E-state index in [-0.39, 0.29) is 0 Å². The molecule has 2 aromatic carbocycles. The van der Waals surface area contributed by atoms with Crippen LogP contribution in [0.2, 0.25) is 0 Å². The topological polar surface area (TPSA) is 25.2 Å². The van der Waals surface area contributed by atoms with Gasteiger partial charge in [0.2, 0.25) is 0 Å². The summed E-state index contributed by atoms with van der Waals surface area (Å²) < 4.78 is 5.82. The van der Waals surface area contributed by atoms with Gasteiger partial charge in [-0.2, -0.15) is 0 Å². The summed E-state index contributed by atoms with van der Waals surface area (Å²) in [6.07, 6.45) is 0. The largest absolute Gasteiger partial charge is 0.459 e. The van der Waals surface area contributed by atoms with E-state index in [4.69, 9.17) is 4.42 Å². The van der Waals surface area contributed by atoms with Gasteiger partial charge in [0.05, 0.1) is 6.54 Å². The number of nitrogens with one attached hydrogen (secondary N) is 1. The Hall–Kier alpha value is -1.87. The monoisotopic (exact) mass is 283 g/mol. The Kier molecular flexibility index (Phi) is 3.97. The molecule has 0 atom stereocenters. The van der Waals surface area contributed by atoms with Crippen LogP contribution in [0.25, 0.3) is 11.0 Å². The van der Waals surface area contributed by atoms with E-state index in [0.717, 1.165) is 22.5 Å². The number of hydrogen-bond donors (Lipinski definition) is 1. The minimum atomic E-state index is 0.704. The lowest BCUT2D eigenvalue weighted by Gasteiger charge is -2.09. The van der Waals surface area contributed by atoms with Crippen molar-refractivity contribution < 1.29 is 4.42 Å². The van der Waals surface area contributed by atoms with Gasteiger partial charge in [-0.25, -0.2) is 0 Å². The average Bonchev–Trinajstić information content (AvgIpc) is 2.89. The lowest BCUT2D eigenvalue weighted by molar-refractivity contribution is 0.559. The zero-order chi connectivity index (χ0) is 13.8. The van der Waals surface area contributed by atoms with E-state index in [1.165, 1.54) is 10.6 Å². The molecular formula is C17H17NOS. The van der Waals surface area contributed by atoms with Crippen molar-refractivity contribution in [3.63, 3.8) is 0 Å². The standard InChI is InChI=1S/C17H17NOS/c1-2-20-17-10-6-4-8-15(17)18-12-14-11-13-7-3-5-9-16(13)19-14/h3-11,18H,2,12H2,1H3. The highest BCUT2D eigenvalue weighted by Crippen LogP contribution is 2.27. The Morgan fingerprint density at radius 3 is 2.70 bits per heavy atom. The van der Waals surface area contributed by atoms with Gasteiger partial charge in [-0.3, -0.25) is 0 Å². The smallest absolute Gasteiger partial charge is 0.134 e. The van der Waals surface area contributed by atoms with E-state index in [1.54, 1.807) is 0 Å². The third kappa shape index (κ3) is 2.83. The van der Waals surface area contributed by atoms with E-state index in [9.17, 15) is 0 Å². The predicted octanol–water partition coefficient (Wildman–Crippen LogP) is 5.16. The lowest BCUT2D eigenvalue weighted by atomic mass is 10.2. The summed E-state index contributed by atoms with van der Waals surface area (Å²) in [7, 11) is 0. The predicted molar refractivity (Wildman–Crippen MR) is 86.4 cm³/mol. The van der Waals surface area contributed by atoms with Crippen molar-refractivity contribution in [1.82, 2.24) is 0 Å². The van der Waals surface area contributed by atoms with E-state index in [2.05, 4.69) is 48.6 Å². The molecule has 20 heavy (non-hydrogen) atoms. The molecule has 0 fully saturated rings. The van der Waals surface area contributed by atoms with Crippen LogP contribution in [0.3, 0.4) is 0 Å². The maximum absolute atomic E-state index is 5.82. The summed E-state index contributed by atoms with van der Waals surface area (Å²) in [6, 6.07) is 18.6. The number of rotatable bonds is 5. The lowest BCUT2D eigenvalue weighted by Crippen LogP contribution is -1.99. The van der Waals surface area contributed by atoms with E-state index >= 15 is 0 Å². The van der Waals surface area contributed by atoms with Gasteiger partial charge in [-0.05, 0) is 30.0 Å². The molecule has 0 aliphatic heterocycles. The fraction of sp³-hybridized carbons (Fsp3) is 0.176. The Bertz CT molecular complexity index is 672. The van der Waals surface area contributed by atoms with Crippen LogP contribution in [0.15, 0.2) is 63.9 Å². The second-order valence-corrected chi connectivity index (χ2v) is 5.84. The van der Waals surface area contributed by atoms with E-state index in [0.29, 0.717) is 6.54 Å². The van der Waals surface area contributed by atoms with Crippen molar-refractivity contribution >= 4 is 28.4 Å². The molecule has 0 unspecified atom stereocenters. The van der Waals surface area contributed by atoms with Crippen LogP contribution in [0.4, 0.5) is 5.69 Å². The zero-order valence-corrected chi connectivity index (χ0v) is 12.2. The molecule has 3 heteroatoms. The van der Waals surface area contributed by atoms with Crippen molar-refractivity contribution in [2.45, 2.75) is 18.4 Å². The summed E-state index contributed by atoms with van der Waals surface area (Å²) in [5.74, 6) is 2.03. The first-order valence-electron chi connectivity index (χ1n) is 6.80. The number of para-hydroxylation sites is 2. The second-order valence-electron chi connectivity index (χ2n) is 4.53. The second kappa shape index (κ2) is 6.06. The molecule has 1 N–H and O–H groups in total. The highest BCUT2D eigenvalue weighted by molar-refractivity contribution is 7.99. The van der Waals surface area contributed by atoms with Crippen LogP contribution in [0, 0.1) is 0 Å². The fourth-order valence-corrected chi connectivity index (χ4v) is 2.98. The van der Waals surface area contributed by atoms with Crippen LogP contribution in [-0.2, 0) is 6.54 Å². The van der Waals surface area contributed by atoms with Crippen molar-refractivity contribution in [1.29, 1.82) is 0 Å². The summed E-state index contributed by atoms with van der Waals surface area (Å²) in [5.41, 5.74) is 2.11. The molecule has 0 amide bonds. The van der Waals surface area contributed by atoms with Gasteiger partial charge in [0.25, 0.3) is 0 Å². The molecule has 1 heterocycles. The number of hydrogen-bond acceptors (Lipinski definition) is 3. The summed E-state index contributed by atoms with van der Waals surface area (Å²) >= 11 is 1.85. The highest BCUT2D eigenvalue weighted by Gasteiger charge is 2.05. The Labute approximate surface area is 123 Å². The van der Waals surface area contributed by atoms with Crippen LogP contribution < -0.4 is 5.32 Å². The molecule has 0 radical (unpaired) electrons. The van der Waals surface area contributed by atoms with Gasteiger partial charge in [0.1, 0.15) is 11.3 Å².